The highest BCUT2D eigenvalue weighted by Crippen LogP contribution is 2.31. The van der Waals surface area contributed by atoms with Gasteiger partial charge in [0.1, 0.15) is 0 Å². The SMILES string of the molecule is CNCCc1cn(C)nc1-c1cn(C)c2ccccc12. The number of aromatic nitrogens is 3. The fourth-order valence-electron chi connectivity index (χ4n) is 2.74. The van der Waals surface area contributed by atoms with E-state index in [1.165, 1.54) is 22.0 Å². The number of aryl methyl sites for hydroxylation is 2. The number of likely N-dealkylation sites (N-methyl/N-ethyl adjacent to an activating group) is 1. The normalized spacial score (nSPS) is 11.3. The topological polar surface area (TPSA) is 34.8 Å². The Morgan fingerprint density at radius 2 is 1.95 bits per heavy atom. The van der Waals surface area contributed by atoms with Gasteiger partial charge in [-0.25, -0.2) is 0 Å². The molecule has 0 aliphatic rings. The Bertz CT molecular complexity index is 736. The van der Waals surface area contributed by atoms with Crippen molar-refractivity contribution in [1.82, 2.24) is 19.7 Å². The summed E-state index contributed by atoms with van der Waals surface area (Å²) in [5, 5.41) is 9.14. The maximum Gasteiger partial charge on any atom is 0.0976 e. The third-order valence-corrected chi connectivity index (χ3v) is 3.70. The zero-order valence-corrected chi connectivity index (χ0v) is 12.2. The van der Waals surface area contributed by atoms with Gasteiger partial charge in [0.2, 0.25) is 0 Å². The van der Waals surface area contributed by atoms with E-state index in [-0.39, 0.29) is 0 Å². The fraction of sp³-hybridized carbons (Fsp3) is 0.312. The van der Waals surface area contributed by atoms with Crippen LogP contribution in [0.25, 0.3) is 22.2 Å². The molecule has 0 bridgehead atoms. The molecular formula is C16H20N4. The van der Waals surface area contributed by atoms with Gasteiger partial charge in [-0.05, 0) is 31.6 Å². The van der Waals surface area contributed by atoms with Gasteiger partial charge in [-0.2, -0.15) is 5.10 Å². The second-order valence-corrected chi connectivity index (χ2v) is 5.20. The van der Waals surface area contributed by atoms with E-state index in [0.717, 1.165) is 18.7 Å². The summed E-state index contributed by atoms with van der Waals surface area (Å²) in [6.45, 7) is 0.962. The van der Waals surface area contributed by atoms with Crippen molar-refractivity contribution in [2.45, 2.75) is 6.42 Å². The van der Waals surface area contributed by atoms with Gasteiger partial charge < -0.3 is 9.88 Å². The lowest BCUT2D eigenvalue weighted by atomic mass is 10.1. The van der Waals surface area contributed by atoms with E-state index >= 15 is 0 Å². The lowest BCUT2D eigenvalue weighted by Gasteiger charge is -2.01. The number of nitrogens with zero attached hydrogens (tertiary/aromatic N) is 3. The number of benzene rings is 1. The summed E-state index contributed by atoms with van der Waals surface area (Å²) in [5.41, 5.74) is 4.85. The van der Waals surface area contributed by atoms with Crippen LogP contribution in [0.15, 0.2) is 36.7 Å². The average Bonchev–Trinajstić information content (AvgIpc) is 2.98. The Labute approximate surface area is 119 Å². The van der Waals surface area contributed by atoms with Crippen LogP contribution in [0.3, 0.4) is 0 Å². The van der Waals surface area contributed by atoms with Gasteiger partial charge in [0.25, 0.3) is 0 Å². The molecule has 0 saturated carbocycles. The van der Waals surface area contributed by atoms with Gasteiger partial charge in [0.15, 0.2) is 0 Å². The van der Waals surface area contributed by atoms with Crippen LogP contribution >= 0.6 is 0 Å². The highest BCUT2D eigenvalue weighted by molar-refractivity contribution is 5.95. The summed E-state index contributed by atoms with van der Waals surface area (Å²) >= 11 is 0. The first-order valence-electron chi connectivity index (χ1n) is 6.92. The van der Waals surface area contributed by atoms with Crippen LogP contribution < -0.4 is 5.32 Å². The third-order valence-electron chi connectivity index (χ3n) is 3.70. The maximum atomic E-state index is 4.67. The van der Waals surface area contributed by atoms with E-state index < -0.39 is 0 Å². The summed E-state index contributed by atoms with van der Waals surface area (Å²) in [7, 11) is 6.05. The van der Waals surface area contributed by atoms with Crippen LogP contribution in [0.5, 0.6) is 0 Å². The van der Waals surface area contributed by atoms with Crippen molar-refractivity contribution in [3.8, 4) is 11.3 Å². The first kappa shape index (κ1) is 12.9. The molecule has 0 saturated heterocycles. The molecule has 3 rings (SSSR count). The van der Waals surface area contributed by atoms with Crippen molar-refractivity contribution >= 4 is 10.9 Å². The number of nitrogens with one attached hydrogen (secondary N) is 1. The molecule has 2 aromatic heterocycles. The summed E-state index contributed by atoms with van der Waals surface area (Å²) in [5.74, 6) is 0. The number of fused-ring (bicyclic) bond motifs is 1. The minimum atomic E-state index is 0.962. The molecule has 0 radical (unpaired) electrons. The lowest BCUT2D eigenvalue weighted by Crippen LogP contribution is -2.10. The minimum Gasteiger partial charge on any atom is -0.350 e. The van der Waals surface area contributed by atoms with Crippen molar-refractivity contribution in [2.75, 3.05) is 13.6 Å². The van der Waals surface area contributed by atoms with Crippen molar-refractivity contribution in [1.29, 1.82) is 0 Å². The molecule has 0 aliphatic heterocycles. The molecule has 4 heteroatoms. The molecule has 0 amide bonds. The van der Waals surface area contributed by atoms with Crippen LogP contribution in [0, 0.1) is 0 Å². The van der Waals surface area contributed by atoms with Crippen LogP contribution in [0.1, 0.15) is 5.56 Å². The summed E-state index contributed by atoms with van der Waals surface area (Å²) < 4.78 is 4.07. The smallest absolute Gasteiger partial charge is 0.0976 e. The van der Waals surface area contributed by atoms with Crippen LogP contribution in [-0.4, -0.2) is 27.9 Å². The van der Waals surface area contributed by atoms with Crippen LogP contribution in [-0.2, 0) is 20.5 Å². The predicted octanol–water partition coefficient (Wildman–Crippen LogP) is 2.34. The number of hydrogen-bond donors (Lipinski definition) is 1. The Kier molecular flexibility index (Phi) is 3.32. The molecule has 4 nitrogen and oxygen atoms in total. The second-order valence-electron chi connectivity index (χ2n) is 5.20. The molecule has 0 unspecified atom stereocenters. The number of rotatable bonds is 4. The first-order valence-corrected chi connectivity index (χ1v) is 6.92. The standard InChI is InChI=1S/C16H20N4/c1-17-9-8-12-10-20(3)18-16(12)14-11-19(2)15-7-5-4-6-13(14)15/h4-7,10-11,17H,8-9H2,1-3H3. The summed E-state index contributed by atoms with van der Waals surface area (Å²) in [4.78, 5) is 0. The second kappa shape index (κ2) is 5.13. The van der Waals surface area contributed by atoms with Gasteiger partial charge >= 0.3 is 0 Å². The van der Waals surface area contributed by atoms with Crippen molar-refractivity contribution < 1.29 is 0 Å². The van der Waals surface area contributed by atoms with Crippen LogP contribution in [0.2, 0.25) is 0 Å². The van der Waals surface area contributed by atoms with E-state index in [0.29, 0.717) is 0 Å². The van der Waals surface area contributed by atoms with Gasteiger partial charge in [0.05, 0.1) is 5.69 Å². The number of hydrogen-bond acceptors (Lipinski definition) is 2. The predicted molar refractivity (Wildman–Crippen MR) is 82.8 cm³/mol. The Hall–Kier alpha value is -2.07. The monoisotopic (exact) mass is 268 g/mol. The van der Waals surface area contributed by atoms with Crippen molar-refractivity contribution in [3.63, 3.8) is 0 Å². The maximum absolute atomic E-state index is 4.67. The summed E-state index contributed by atoms with van der Waals surface area (Å²) in [6, 6.07) is 8.48. The molecule has 1 aromatic carbocycles. The first-order chi connectivity index (χ1) is 9.70. The quantitative estimate of drug-likeness (QED) is 0.788. The van der Waals surface area contributed by atoms with Gasteiger partial charge in [-0.3, -0.25) is 4.68 Å². The molecule has 1 N–H and O–H groups in total. The van der Waals surface area contributed by atoms with Gasteiger partial charge in [0, 0.05) is 43.0 Å². The Morgan fingerprint density at radius 1 is 1.15 bits per heavy atom. The Balaban J connectivity index is 2.15. The minimum absolute atomic E-state index is 0.962. The highest BCUT2D eigenvalue weighted by atomic mass is 15.3. The molecule has 0 aliphatic carbocycles. The van der Waals surface area contributed by atoms with E-state index in [1.807, 2.05) is 18.8 Å². The highest BCUT2D eigenvalue weighted by Gasteiger charge is 2.15. The number of para-hydroxylation sites is 1. The molecule has 0 spiro atoms. The molecule has 0 fully saturated rings. The molecule has 2 heterocycles. The molecular weight excluding hydrogens is 248 g/mol. The summed E-state index contributed by atoms with van der Waals surface area (Å²) in [6.07, 6.45) is 5.28. The van der Waals surface area contributed by atoms with Crippen LogP contribution in [0.4, 0.5) is 0 Å². The van der Waals surface area contributed by atoms with E-state index in [4.69, 9.17) is 0 Å². The molecule has 20 heavy (non-hydrogen) atoms. The lowest BCUT2D eigenvalue weighted by molar-refractivity contribution is 0.765. The molecule has 104 valence electrons. The van der Waals surface area contributed by atoms with E-state index in [2.05, 4.69) is 58.7 Å². The van der Waals surface area contributed by atoms with E-state index in [1.54, 1.807) is 0 Å². The zero-order chi connectivity index (χ0) is 14.1. The Morgan fingerprint density at radius 3 is 2.75 bits per heavy atom. The van der Waals surface area contributed by atoms with Gasteiger partial charge in [-0.15, -0.1) is 0 Å². The van der Waals surface area contributed by atoms with E-state index in [9.17, 15) is 0 Å². The average molecular weight is 268 g/mol. The largest absolute Gasteiger partial charge is 0.350 e. The van der Waals surface area contributed by atoms with Crippen molar-refractivity contribution in [3.05, 3.63) is 42.2 Å². The molecule has 0 atom stereocenters. The van der Waals surface area contributed by atoms with Crippen molar-refractivity contribution in [2.24, 2.45) is 14.1 Å². The fourth-order valence-corrected chi connectivity index (χ4v) is 2.74. The zero-order valence-electron chi connectivity index (χ0n) is 12.2. The molecule has 3 aromatic rings. The van der Waals surface area contributed by atoms with Gasteiger partial charge in [-0.1, -0.05) is 18.2 Å². The third kappa shape index (κ3) is 2.12.